The lowest BCUT2D eigenvalue weighted by Crippen LogP contribution is -2.52. The van der Waals surface area contributed by atoms with Gasteiger partial charge in [0.2, 0.25) is 0 Å². The first kappa shape index (κ1) is 15.0. The van der Waals surface area contributed by atoms with Crippen molar-refractivity contribution in [3.63, 3.8) is 0 Å². The van der Waals surface area contributed by atoms with E-state index in [-0.39, 0.29) is 11.3 Å². The second-order valence-electron chi connectivity index (χ2n) is 6.26. The van der Waals surface area contributed by atoms with E-state index >= 15 is 0 Å². The predicted octanol–water partition coefficient (Wildman–Crippen LogP) is 3.20. The van der Waals surface area contributed by atoms with Crippen LogP contribution in [-0.2, 0) is 0 Å². The van der Waals surface area contributed by atoms with Crippen molar-refractivity contribution in [1.82, 2.24) is 4.90 Å². The summed E-state index contributed by atoms with van der Waals surface area (Å²) in [6.45, 7) is 0. The molecule has 0 spiro atoms. The highest BCUT2D eigenvalue weighted by atomic mass is 16.1. The molecule has 1 aromatic rings. The molecule has 110 valence electrons. The fourth-order valence-corrected chi connectivity index (χ4v) is 3.19. The van der Waals surface area contributed by atoms with Gasteiger partial charge in [-0.2, -0.15) is 0 Å². The molecule has 1 aliphatic rings. The number of anilines is 1. The molecule has 1 saturated carbocycles. The Kier molecular flexibility index (Phi) is 4.48. The number of benzene rings is 1. The maximum absolute atomic E-state index is 13.0. The van der Waals surface area contributed by atoms with Crippen molar-refractivity contribution < 1.29 is 4.79 Å². The van der Waals surface area contributed by atoms with Crippen LogP contribution in [0.3, 0.4) is 0 Å². The number of rotatable bonds is 4. The van der Waals surface area contributed by atoms with Gasteiger partial charge in [0.1, 0.15) is 0 Å². The van der Waals surface area contributed by atoms with E-state index in [1.165, 1.54) is 6.42 Å². The summed E-state index contributed by atoms with van der Waals surface area (Å²) in [6, 6.07) is 7.99. The molecule has 0 amide bonds. The van der Waals surface area contributed by atoms with Crippen LogP contribution in [0, 0.1) is 0 Å². The SMILES string of the molecule is CN(C)c1ccc(C(=O)C2(N(C)C)CCCCC2)cc1. The van der Waals surface area contributed by atoms with Crippen LogP contribution in [0.4, 0.5) is 5.69 Å². The quantitative estimate of drug-likeness (QED) is 0.788. The maximum atomic E-state index is 13.0. The van der Waals surface area contributed by atoms with Crippen molar-refractivity contribution in [3.8, 4) is 0 Å². The molecule has 3 heteroatoms. The van der Waals surface area contributed by atoms with E-state index in [0.29, 0.717) is 0 Å². The van der Waals surface area contributed by atoms with Crippen LogP contribution in [0.5, 0.6) is 0 Å². The van der Waals surface area contributed by atoms with Gasteiger partial charge in [-0.25, -0.2) is 0 Å². The molecule has 0 aromatic heterocycles. The van der Waals surface area contributed by atoms with Gasteiger partial charge < -0.3 is 4.90 Å². The zero-order valence-corrected chi connectivity index (χ0v) is 13.1. The Bertz CT molecular complexity index is 456. The predicted molar refractivity (Wildman–Crippen MR) is 84.6 cm³/mol. The number of hydrogen-bond acceptors (Lipinski definition) is 3. The third-order valence-electron chi connectivity index (χ3n) is 4.61. The Morgan fingerprint density at radius 2 is 1.50 bits per heavy atom. The van der Waals surface area contributed by atoms with Gasteiger partial charge in [0, 0.05) is 25.3 Å². The van der Waals surface area contributed by atoms with Crippen molar-refractivity contribution in [2.24, 2.45) is 0 Å². The summed E-state index contributed by atoms with van der Waals surface area (Å²) >= 11 is 0. The highest BCUT2D eigenvalue weighted by molar-refractivity contribution is 6.03. The van der Waals surface area contributed by atoms with Gasteiger partial charge >= 0.3 is 0 Å². The molecule has 0 bridgehead atoms. The average molecular weight is 274 g/mol. The summed E-state index contributed by atoms with van der Waals surface area (Å²) in [6.07, 6.45) is 5.52. The zero-order valence-electron chi connectivity index (χ0n) is 13.1. The van der Waals surface area contributed by atoms with Crippen molar-refractivity contribution in [2.45, 2.75) is 37.6 Å². The fourth-order valence-electron chi connectivity index (χ4n) is 3.19. The largest absolute Gasteiger partial charge is 0.378 e. The van der Waals surface area contributed by atoms with Crippen LogP contribution in [0.1, 0.15) is 42.5 Å². The molecule has 0 atom stereocenters. The molecule has 3 nitrogen and oxygen atoms in total. The molecule has 0 radical (unpaired) electrons. The van der Waals surface area contributed by atoms with E-state index in [1.807, 2.05) is 52.5 Å². The standard InChI is InChI=1S/C17H26N2O/c1-18(2)15-10-8-14(9-11-15)16(20)17(19(3)4)12-6-5-7-13-17/h8-11H,5-7,12-13H2,1-4H3. The van der Waals surface area contributed by atoms with E-state index in [9.17, 15) is 4.79 Å². The highest BCUT2D eigenvalue weighted by Crippen LogP contribution is 2.35. The van der Waals surface area contributed by atoms with Gasteiger partial charge in [-0.3, -0.25) is 9.69 Å². The number of carbonyl (C=O) groups is 1. The summed E-state index contributed by atoms with van der Waals surface area (Å²) in [7, 11) is 8.10. The molecule has 0 saturated heterocycles. The van der Waals surface area contributed by atoms with E-state index in [1.54, 1.807) is 0 Å². The minimum absolute atomic E-state index is 0.285. The Labute approximate surface area is 122 Å². The Hall–Kier alpha value is -1.35. The van der Waals surface area contributed by atoms with Crippen LogP contribution < -0.4 is 4.90 Å². The van der Waals surface area contributed by atoms with Crippen LogP contribution in [-0.4, -0.2) is 44.4 Å². The molecule has 1 fully saturated rings. The average Bonchev–Trinajstić information content (AvgIpc) is 2.47. The number of Topliss-reactive ketones (excluding diaryl/α,β-unsaturated/α-hetero) is 1. The third-order valence-corrected chi connectivity index (χ3v) is 4.61. The van der Waals surface area contributed by atoms with Gasteiger partial charge in [-0.1, -0.05) is 19.3 Å². The first-order valence-corrected chi connectivity index (χ1v) is 7.47. The molecule has 20 heavy (non-hydrogen) atoms. The molecule has 1 aliphatic carbocycles. The summed E-state index contributed by atoms with van der Waals surface area (Å²) < 4.78 is 0. The van der Waals surface area contributed by atoms with Crippen LogP contribution >= 0.6 is 0 Å². The lowest BCUT2D eigenvalue weighted by atomic mass is 9.75. The number of hydrogen-bond donors (Lipinski definition) is 0. The van der Waals surface area contributed by atoms with Crippen LogP contribution in [0.2, 0.25) is 0 Å². The summed E-state index contributed by atoms with van der Waals surface area (Å²) in [5, 5.41) is 0. The Morgan fingerprint density at radius 1 is 0.950 bits per heavy atom. The van der Waals surface area contributed by atoms with Gasteiger partial charge in [-0.05, 0) is 51.2 Å². The van der Waals surface area contributed by atoms with E-state index < -0.39 is 0 Å². The minimum Gasteiger partial charge on any atom is -0.378 e. The fraction of sp³-hybridized carbons (Fsp3) is 0.588. The number of carbonyl (C=O) groups excluding carboxylic acids is 1. The Balaban J connectivity index is 2.27. The van der Waals surface area contributed by atoms with E-state index in [2.05, 4.69) is 9.80 Å². The summed E-state index contributed by atoms with van der Waals surface area (Å²) in [4.78, 5) is 17.2. The lowest BCUT2D eigenvalue weighted by molar-refractivity contribution is 0.0564. The minimum atomic E-state index is -0.294. The van der Waals surface area contributed by atoms with Crippen molar-refractivity contribution in [1.29, 1.82) is 0 Å². The van der Waals surface area contributed by atoms with Gasteiger partial charge in [0.05, 0.1) is 5.54 Å². The second kappa shape index (κ2) is 5.96. The normalized spacial score (nSPS) is 18.1. The maximum Gasteiger partial charge on any atom is 0.183 e. The monoisotopic (exact) mass is 274 g/mol. The molecular weight excluding hydrogens is 248 g/mol. The highest BCUT2D eigenvalue weighted by Gasteiger charge is 2.41. The second-order valence-corrected chi connectivity index (χ2v) is 6.26. The van der Waals surface area contributed by atoms with Crippen LogP contribution in [0.15, 0.2) is 24.3 Å². The topological polar surface area (TPSA) is 23.6 Å². The Morgan fingerprint density at radius 3 is 1.95 bits per heavy atom. The van der Waals surface area contributed by atoms with Crippen molar-refractivity contribution >= 4 is 11.5 Å². The molecule has 0 heterocycles. The van der Waals surface area contributed by atoms with E-state index in [4.69, 9.17) is 0 Å². The number of likely N-dealkylation sites (N-methyl/N-ethyl adjacent to an activating group) is 1. The molecule has 1 aromatic carbocycles. The van der Waals surface area contributed by atoms with E-state index in [0.717, 1.165) is 36.9 Å². The number of nitrogens with zero attached hydrogens (tertiary/aromatic N) is 2. The smallest absolute Gasteiger partial charge is 0.183 e. The van der Waals surface area contributed by atoms with Crippen LogP contribution in [0.25, 0.3) is 0 Å². The van der Waals surface area contributed by atoms with Gasteiger partial charge in [0.15, 0.2) is 5.78 Å². The third kappa shape index (κ3) is 2.73. The zero-order chi connectivity index (χ0) is 14.8. The first-order valence-electron chi connectivity index (χ1n) is 7.47. The van der Waals surface area contributed by atoms with Gasteiger partial charge in [-0.15, -0.1) is 0 Å². The molecular formula is C17H26N2O. The lowest BCUT2D eigenvalue weighted by Gasteiger charge is -2.41. The molecule has 2 rings (SSSR count). The summed E-state index contributed by atoms with van der Waals surface area (Å²) in [5.41, 5.74) is 1.67. The molecule has 0 unspecified atom stereocenters. The van der Waals surface area contributed by atoms with Crippen molar-refractivity contribution in [2.75, 3.05) is 33.1 Å². The molecule has 0 N–H and O–H groups in total. The van der Waals surface area contributed by atoms with Crippen molar-refractivity contribution in [3.05, 3.63) is 29.8 Å². The molecule has 0 aliphatic heterocycles. The first-order chi connectivity index (χ1) is 9.47. The summed E-state index contributed by atoms with van der Waals surface area (Å²) in [5.74, 6) is 0.285. The van der Waals surface area contributed by atoms with Gasteiger partial charge in [0.25, 0.3) is 0 Å². The number of ketones is 1.